The van der Waals surface area contributed by atoms with Crippen LogP contribution in [0.4, 0.5) is 0 Å². The lowest BCUT2D eigenvalue weighted by Gasteiger charge is -2.33. The van der Waals surface area contributed by atoms with Gasteiger partial charge in [0.15, 0.2) is 0 Å². The fraction of sp³-hybridized carbons (Fsp3) is 0.889. The van der Waals surface area contributed by atoms with E-state index in [1.165, 1.54) is 12.8 Å². The van der Waals surface area contributed by atoms with Crippen molar-refractivity contribution in [1.29, 1.82) is 5.26 Å². The maximum atomic E-state index is 8.72. The first-order valence-electron chi connectivity index (χ1n) is 4.58. The van der Waals surface area contributed by atoms with Crippen molar-refractivity contribution in [2.75, 3.05) is 20.1 Å². The zero-order valence-electron chi connectivity index (χ0n) is 7.88. The number of nitrogens with zero attached hydrogens (tertiary/aromatic N) is 2. The summed E-state index contributed by atoms with van der Waals surface area (Å²) in [6, 6.07) is 2.85. The third kappa shape index (κ3) is 2.20. The van der Waals surface area contributed by atoms with E-state index in [0.29, 0.717) is 6.04 Å². The number of nitrogens with one attached hydrogen (secondary N) is 1. The molecule has 0 bridgehead atoms. The molecule has 68 valence electrons. The van der Waals surface area contributed by atoms with Crippen molar-refractivity contribution < 1.29 is 0 Å². The van der Waals surface area contributed by atoms with Crippen LogP contribution in [0, 0.1) is 11.3 Å². The summed E-state index contributed by atoms with van der Waals surface area (Å²) < 4.78 is 0. The highest BCUT2D eigenvalue weighted by Gasteiger charge is 2.20. The van der Waals surface area contributed by atoms with E-state index in [1.54, 1.807) is 0 Å². The van der Waals surface area contributed by atoms with Crippen LogP contribution in [0.3, 0.4) is 0 Å². The largest absolute Gasteiger partial charge is 0.315 e. The van der Waals surface area contributed by atoms with Crippen LogP contribution in [0.2, 0.25) is 0 Å². The van der Waals surface area contributed by atoms with Crippen LogP contribution < -0.4 is 5.32 Å². The quantitative estimate of drug-likeness (QED) is 0.654. The maximum absolute atomic E-state index is 8.72. The topological polar surface area (TPSA) is 39.1 Å². The van der Waals surface area contributed by atoms with E-state index in [-0.39, 0.29) is 6.04 Å². The van der Waals surface area contributed by atoms with Crippen LogP contribution in [-0.2, 0) is 0 Å². The van der Waals surface area contributed by atoms with E-state index in [0.717, 1.165) is 13.1 Å². The molecule has 0 aromatic heterocycles. The van der Waals surface area contributed by atoms with E-state index in [4.69, 9.17) is 5.26 Å². The van der Waals surface area contributed by atoms with Crippen molar-refractivity contribution in [2.24, 2.45) is 0 Å². The molecule has 1 aliphatic heterocycles. The molecule has 1 aliphatic rings. The summed E-state index contributed by atoms with van der Waals surface area (Å²) in [6.07, 6.45) is 2.45. The van der Waals surface area contributed by atoms with Crippen molar-refractivity contribution in [3.63, 3.8) is 0 Å². The molecule has 0 saturated carbocycles. The molecule has 1 rings (SSSR count). The summed E-state index contributed by atoms with van der Waals surface area (Å²) >= 11 is 0. The highest BCUT2D eigenvalue weighted by molar-refractivity contribution is 4.90. The Labute approximate surface area is 74.4 Å². The molecule has 0 aromatic carbocycles. The molecule has 0 amide bonds. The third-order valence-electron chi connectivity index (χ3n) is 2.64. The molecule has 0 spiro atoms. The van der Waals surface area contributed by atoms with Crippen molar-refractivity contribution >= 4 is 0 Å². The summed E-state index contributed by atoms with van der Waals surface area (Å²) in [5.74, 6) is 0. The number of nitriles is 1. The molecule has 0 aliphatic carbocycles. The summed E-state index contributed by atoms with van der Waals surface area (Å²) in [7, 11) is 2.03. The monoisotopic (exact) mass is 167 g/mol. The normalized spacial score (nSPS) is 26.7. The van der Waals surface area contributed by atoms with Crippen LogP contribution in [0.1, 0.15) is 19.8 Å². The standard InChI is InChI=1S/C9H17N3/c1-8(6-10)12(2)9-4-3-5-11-7-9/h8-9,11H,3-5,7H2,1-2H3. The number of hydrogen-bond acceptors (Lipinski definition) is 3. The van der Waals surface area contributed by atoms with Gasteiger partial charge in [-0.1, -0.05) is 0 Å². The van der Waals surface area contributed by atoms with Gasteiger partial charge >= 0.3 is 0 Å². The lowest BCUT2D eigenvalue weighted by molar-refractivity contribution is 0.182. The lowest BCUT2D eigenvalue weighted by Crippen LogP contribution is -2.47. The predicted molar refractivity (Wildman–Crippen MR) is 48.7 cm³/mol. The SMILES string of the molecule is CC(C#N)N(C)C1CCCNC1. The second-order valence-electron chi connectivity index (χ2n) is 3.47. The summed E-state index contributed by atoms with van der Waals surface area (Å²) in [5.41, 5.74) is 0. The number of hydrogen-bond donors (Lipinski definition) is 1. The molecule has 12 heavy (non-hydrogen) atoms. The van der Waals surface area contributed by atoms with Crippen LogP contribution in [0.25, 0.3) is 0 Å². The molecule has 2 atom stereocenters. The van der Waals surface area contributed by atoms with Crippen molar-refractivity contribution in [2.45, 2.75) is 31.8 Å². The molecule has 1 fully saturated rings. The zero-order chi connectivity index (χ0) is 8.97. The average molecular weight is 167 g/mol. The van der Waals surface area contributed by atoms with Gasteiger partial charge in [0.1, 0.15) is 0 Å². The first-order valence-corrected chi connectivity index (χ1v) is 4.58. The van der Waals surface area contributed by atoms with Gasteiger partial charge in [-0.2, -0.15) is 5.26 Å². The highest BCUT2D eigenvalue weighted by Crippen LogP contribution is 2.10. The molecule has 1 saturated heterocycles. The lowest BCUT2D eigenvalue weighted by atomic mass is 10.1. The summed E-state index contributed by atoms with van der Waals surface area (Å²) in [4.78, 5) is 2.16. The van der Waals surface area contributed by atoms with Gasteiger partial charge in [-0.15, -0.1) is 0 Å². The second kappa shape index (κ2) is 4.44. The smallest absolute Gasteiger partial charge is 0.0949 e. The van der Waals surface area contributed by atoms with Gasteiger partial charge in [-0.05, 0) is 33.4 Å². The van der Waals surface area contributed by atoms with Gasteiger partial charge in [-0.25, -0.2) is 0 Å². The maximum Gasteiger partial charge on any atom is 0.0949 e. The molecule has 1 heterocycles. The predicted octanol–water partition coefficient (Wildman–Crippen LogP) is 0.582. The Balaban J connectivity index is 2.40. The third-order valence-corrected chi connectivity index (χ3v) is 2.64. The van der Waals surface area contributed by atoms with Crippen molar-refractivity contribution in [3.05, 3.63) is 0 Å². The Morgan fingerprint density at radius 1 is 1.67 bits per heavy atom. The second-order valence-corrected chi connectivity index (χ2v) is 3.47. The Bertz CT molecular complexity index is 167. The van der Waals surface area contributed by atoms with E-state index < -0.39 is 0 Å². The van der Waals surface area contributed by atoms with E-state index in [2.05, 4.69) is 16.3 Å². The first kappa shape index (κ1) is 9.50. The molecule has 0 aromatic rings. The highest BCUT2D eigenvalue weighted by atomic mass is 15.2. The summed E-state index contributed by atoms with van der Waals surface area (Å²) in [6.45, 7) is 4.11. The molecular formula is C9H17N3. The van der Waals surface area contributed by atoms with Crippen molar-refractivity contribution in [1.82, 2.24) is 10.2 Å². The Morgan fingerprint density at radius 2 is 2.42 bits per heavy atom. The minimum atomic E-state index is 0.0369. The van der Waals surface area contributed by atoms with Gasteiger partial charge in [0, 0.05) is 12.6 Å². The van der Waals surface area contributed by atoms with Gasteiger partial charge in [0.2, 0.25) is 0 Å². The number of piperidine rings is 1. The Kier molecular flexibility index (Phi) is 3.51. The fourth-order valence-corrected chi connectivity index (χ4v) is 1.59. The minimum absolute atomic E-state index is 0.0369. The van der Waals surface area contributed by atoms with Crippen LogP contribution in [0.5, 0.6) is 0 Å². The van der Waals surface area contributed by atoms with Gasteiger partial charge in [0.05, 0.1) is 12.1 Å². The molecule has 0 radical (unpaired) electrons. The molecular weight excluding hydrogens is 150 g/mol. The van der Waals surface area contributed by atoms with E-state index in [1.807, 2.05) is 14.0 Å². The van der Waals surface area contributed by atoms with E-state index >= 15 is 0 Å². The van der Waals surface area contributed by atoms with Crippen LogP contribution in [0.15, 0.2) is 0 Å². The molecule has 1 N–H and O–H groups in total. The fourth-order valence-electron chi connectivity index (χ4n) is 1.59. The van der Waals surface area contributed by atoms with Crippen molar-refractivity contribution in [3.8, 4) is 6.07 Å². The average Bonchev–Trinajstić information content (AvgIpc) is 2.17. The minimum Gasteiger partial charge on any atom is -0.315 e. The van der Waals surface area contributed by atoms with Crippen LogP contribution >= 0.6 is 0 Å². The number of rotatable bonds is 2. The molecule has 3 nitrogen and oxygen atoms in total. The van der Waals surface area contributed by atoms with Gasteiger partial charge in [-0.3, -0.25) is 4.90 Å². The van der Waals surface area contributed by atoms with Gasteiger partial charge < -0.3 is 5.32 Å². The summed E-state index contributed by atoms with van der Waals surface area (Å²) in [5, 5.41) is 12.1. The van der Waals surface area contributed by atoms with Gasteiger partial charge in [0.25, 0.3) is 0 Å². The molecule has 3 heteroatoms. The van der Waals surface area contributed by atoms with E-state index in [9.17, 15) is 0 Å². The zero-order valence-corrected chi connectivity index (χ0v) is 7.88. The molecule has 2 unspecified atom stereocenters. The van der Waals surface area contributed by atoms with Crippen LogP contribution in [-0.4, -0.2) is 37.1 Å². The Hall–Kier alpha value is -0.590. The Morgan fingerprint density at radius 3 is 2.92 bits per heavy atom. The first-order chi connectivity index (χ1) is 5.75. The number of likely N-dealkylation sites (N-methyl/N-ethyl adjacent to an activating group) is 1.